The second kappa shape index (κ2) is 11.6. The van der Waals surface area contributed by atoms with Crippen molar-refractivity contribution in [3.8, 4) is 16.8 Å². The van der Waals surface area contributed by atoms with Gasteiger partial charge in [-0.05, 0) is 26.0 Å². The Kier molecular flexibility index (Phi) is 8.11. The number of aliphatic hydroxyl groups excluding tert-OH is 2. The number of alkyl halides is 3. The smallest absolute Gasteiger partial charge is 0.391 e. The van der Waals surface area contributed by atoms with E-state index in [1.807, 2.05) is 0 Å². The van der Waals surface area contributed by atoms with Crippen LogP contribution in [0.3, 0.4) is 0 Å². The van der Waals surface area contributed by atoms with Gasteiger partial charge in [0.1, 0.15) is 41.8 Å². The van der Waals surface area contributed by atoms with E-state index in [2.05, 4.69) is 25.1 Å². The zero-order valence-corrected chi connectivity index (χ0v) is 25.0. The third kappa shape index (κ3) is 5.46. The summed E-state index contributed by atoms with van der Waals surface area (Å²) in [5.41, 5.74) is -0.574. The molecule has 6 rings (SSSR count). The fourth-order valence-electron chi connectivity index (χ4n) is 5.47. The number of thiazole rings is 1. The summed E-state index contributed by atoms with van der Waals surface area (Å²) < 4.78 is 85.9. The molecular formula is C27H23ClF5N7O4S. The Morgan fingerprint density at radius 3 is 2.60 bits per heavy atom. The fourth-order valence-corrected chi connectivity index (χ4v) is 6.33. The second-order valence-electron chi connectivity index (χ2n) is 10.4. The van der Waals surface area contributed by atoms with Crippen LogP contribution in [0.4, 0.5) is 22.0 Å². The standard InChI is InChI=1S/C27H23ClF5N7O4S/c1-10(41)22-23(43-3)20(39-8-12(6-36-39)14-5-16-19(35-9-45-16)18(30)17(14)29)21(42)24(44-22)26-37-11(2)38-40(26)15-4-13(28)7-34-25(15)27(31,32)33/h4-10,20-24,41-42H,1-3H3/t10?,20?,21?,22?,23-,24-/m1/s1. The summed E-state index contributed by atoms with van der Waals surface area (Å²) in [5.74, 6) is -2.50. The van der Waals surface area contributed by atoms with Gasteiger partial charge in [0.15, 0.2) is 23.2 Å². The lowest BCUT2D eigenvalue weighted by atomic mass is 9.89. The second-order valence-corrected chi connectivity index (χ2v) is 11.7. The van der Waals surface area contributed by atoms with Gasteiger partial charge in [-0.25, -0.2) is 28.4 Å². The van der Waals surface area contributed by atoms with Crippen LogP contribution in [0, 0.1) is 18.6 Å². The fraction of sp³-hybridized carbons (Fsp3) is 0.370. The average Bonchev–Trinajstić information content (AvgIpc) is 3.73. The van der Waals surface area contributed by atoms with Crippen LogP contribution >= 0.6 is 22.9 Å². The van der Waals surface area contributed by atoms with Crippen LogP contribution in [-0.4, -0.2) is 76.3 Å². The van der Waals surface area contributed by atoms with E-state index in [0.29, 0.717) is 4.70 Å². The first kappa shape index (κ1) is 31.4. The summed E-state index contributed by atoms with van der Waals surface area (Å²) >= 11 is 7.13. The molecular weight excluding hydrogens is 649 g/mol. The van der Waals surface area contributed by atoms with E-state index in [9.17, 15) is 27.8 Å². The highest BCUT2D eigenvalue weighted by Crippen LogP contribution is 2.42. The van der Waals surface area contributed by atoms with Gasteiger partial charge in [-0.3, -0.25) is 4.68 Å². The lowest BCUT2D eigenvalue weighted by molar-refractivity contribution is -0.230. The van der Waals surface area contributed by atoms with Crippen LogP contribution in [-0.2, 0) is 15.7 Å². The van der Waals surface area contributed by atoms with Gasteiger partial charge in [-0.15, -0.1) is 11.3 Å². The minimum absolute atomic E-state index is 0.0326. The van der Waals surface area contributed by atoms with Crippen molar-refractivity contribution in [1.29, 1.82) is 0 Å². The van der Waals surface area contributed by atoms with Crippen molar-refractivity contribution in [1.82, 2.24) is 34.5 Å². The summed E-state index contributed by atoms with van der Waals surface area (Å²) in [6, 6.07) is 1.25. The number of halogens is 6. The third-order valence-corrected chi connectivity index (χ3v) is 8.40. The van der Waals surface area contributed by atoms with Crippen LogP contribution in [0.25, 0.3) is 27.0 Å². The first-order valence-electron chi connectivity index (χ1n) is 13.3. The Morgan fingerprint density at radius 1 is 1.16 bits per heavy atom. The maximum atomic E-state index is 15.1. The van der Waals surface area contributed by atoms with Crippen molar-refractivity contribution >= 4 is 33.2 Å². The van der Waals surface area contributed by atoms with Crippen LogP contribution in [0.1, 0.15) is 36.4 Å². The molecule has 5 heterocycles. The molecule has 11 nitrogen and oxygen atoms in total. The van der Waals surface area contributed by atoms with E-state index in [-0.39, 0.29) is 33.3 Å². The molecule has 45 heavy (non-hydrogen) atoms. The predicted octanol–water partition coefficient (Wildman–Crippen LogP) is 4.83. The molecule has 4 aromatic heterocycles. The number of hydrogen-bond acceptors (Lipinski definition) is 10. The van der Waals surface area contributed by atoms with E-state index in [4.69, 9.17) is 21.1 Å². The SMILES string of the molecule is CO[C@H]1C(C(C)O)O[C@@H](c2nc(C)nn2-c2cc(Cl)cnc2C(F)(F)F)C(O)C1n1cc(-c2cc3scnc3c(F)c2F)cn1. The van der Waals surface area contributed by atoms with Crippen LogP contribution in [0.5, 0.6) is 0 Å². The number of hydrogen-bond donors (Lipinski definition) is 2. The number of ether oxygens (including phenoxy) is 2. The highest BCUT2D eigenvalue weighted by molar-refractivity contribution is 7.16. The maximum Gasteiger partial charge on any atom is 0.435 e. The molecule has 0 radical (unpaired) electrons. The van der Waals surface area contributed by atoms with Crippen molar-refractivity contribution in [3.05, 3.63) is 70.2 Å². The summed E-state index contributed by atoms with van der Waals surface area (Å²) in [6.45, 7) is 2.83. The first-order chi connectivity index (χ1) is 21.3. The van der Waals surface area contributed by atoms with E-state index in [1.165, 1.54) is 49.6 Å². The van der Waals surface area contributed by atoms with Crippen LogP contribution < -0.4 is 0 Å². The molecule has 1 aliphatic rings. The summed E-state index contributed by atoms with van der Waals surface area (Å²) in [4.78, 5) is 11.6. The summed E-state index contributed by atoms with van der Waals surface area (Å²) in [5, 5.41) is 30.7. The summed E-state index contributed by atoms with van der Waals surface area (Å²) in [7, 11) is 1.31. The molecule has 6 atom stereocenters. The highest BCUT2D eigenvalue weighted by atomic mass is 35.5. The van der Waals surface area contributed by atoms with Crippen molar-refractivity contribution in [2.24, 2.45) is 0 Å². The van der Waals surface area contributed by atoms with Gasteiger partial charge in [-0.1, -0.05) is 11.6 Å². The Hall–Kier alpha value is -3.61. The lowest BCUT2D eigenvalue weighted by Gasteiger charge is -2.45. The quantitative estimate of drug-likeness (QED) is 0.244. The molecule has 0 amide bonds. The zero-order chi connectivity index (χ0) is 32.4. The third-order valence-electron chi connectivity index (χ3n) is 7.42. The van der Waals surface area contributed by atoms with Crippen molar-refractivity contribution in [2.75, 3.05) is 7.11 Å². The van der Waals surface area contributed by atoms with Crippen LogP contribution in [0.2, 0.25) is 5.02 Å². The number of methoxy groups -OCH3 is 1. The molecule has 1 saturated heterocycles. The molecule has 238 valence electrons. The van der Waals surface area contributed by atoms with Crippen molar-refractivity contribution in [3.63, 3.8) is 0 Å². The molecule has 1 aliphatic heterocycles. The molecule has 2 N–H and O–H groups in total. The molecule has 1 fully saturated rings. The molecule has 5 aromatic rings. The van der Waals surface area contributed by atoms with E-state index in [0.717, 1.165) is 28.3 Å². The Labute approximate surface area is 259 Å². The largest absolute Gasteiger partial charge is 0.435 e. The monoisotopic (exact) mass is 671 g/mol. The van der Waals surface area contributed by atoms with Gasteiger partial charge in [0.25, 0.3) is 0 Å². The molecule has 0 aliphatic carbocycles. The normalized spacial score (nSPS) is 23.1. The number of pyridine rings is 1. The van der Waals surface area contributed by atoms with Crippen LogP contribution in [0.15, 0.2) is 36.2 Å². The Morgan fingerprint density at radius 2 is 1.91 bits per heavy atom. The van der Waals surface area contributed by atoms with Gasteiger partial charge in [0.05, 0.1) is 33.2 Å². The number of aromatic nitrogens is 7. The molecule has 1 aromatic carbocycles. The zero-order valence-electron chi connectivity index (χ0n) is 23.4. The van der Waals surface area contributed by atoms with Gasteiger partial charge >= 0.3 is 6.18 Å². The average molecular weight is 672 g/mol. The van der Waals surface area contributed by atoms with E-state index >= 15 is 4.39 Å². The molecule has 0 bridgehead atoms. The highest BCUT2D eigenvalue weighted by Gasteiger charge is 2.51. The van der Waals surface area contributed by atoms with Crippen molar-refractivity contribution in [2.45, 2.75) is 56.6 Å². The predicted molar refractivity (Wildman–Crippen MR) is 150 cm³/mol. The van der Waals surface area contributed by atoms with Gasteiger partial charge in [-0.2, -0.15) is 23.4 Å². The molecule has 18 heteroatoms. The molecule has 0 spiro atoms. The lowest BCUT2D eigenvalue weighted by Crippen LogP contribution is -2.56. The topological polar surface area (TPSA) is 133 Å². The van der Waals surface area contributed by atoms with Gasteiger partial charge < -0.3 is 19.7 Å². The number of rotatable bonds is 6. The number of aliphatic hydroxyl groups is 2. The first-order valence-corrected chi connectivity index (χ1v) is 14.5. The van der Waals surface area contributed by atoms with E-state index < -0.39 is 65.8 Å². The number of nitrogens with zero attached hydrogens (tertiary/aromatic N) is 7. The molecule has 0 saturated carbocycles. The number of benzene rings is 1. The minimum Gasteiger partial charge on any atom is -0.391 e. The number of aryl methyl sites for hydroxylation is 1. The van der Waals surface area contributed by atoms with Gasteiger partial charge in [0, 0.05) is 30.6 Å². The minimum atomic E-state index is -4.91. The maximum absolute atomic E-state index is 15.1. The number of fused-ring (bicyclic) bond motifs is 1. The Balaban J connectivity index is 1.46. The van der Waals surface area contributed by atoms with E-state index in [1.54, 1.807) is 0 Å². The summed E-state index contributed by atoms with van der Waals surface area (Å²) in [6.07, 6.45) is -8.07. The Bertz CT molecular complexity index is 1880. The molecule has 4 unspecified atom stereocenters. The van der Waals surface area contributed by atoms with Gasteiger partial charge in [0.2, 0.25) is 0 Å². The van der Waals surface area contributed by atoms with Crippen molar-refractivity contribution < 1.29 is 41.6 Å².